The molecule has 2 atom stereocenters. The van der Waals surface area contributed by atoms with E-state index in [2.05, 4.69) is 31.3 Å². The molecule has 0 aromatic carbocycles. The molecule has 6 nitrogen and oxygen atoms in total. The smallest absolute Gasteiger partial charge is 0.305 e. The summed E-state index contributed by atoms with van der Waals surface area (Å²) >= 11 is 0. The predicted octanol–water partition coefficient (Wildman–Crippen LogP) is 28.0. The van der Waals surface area contributed by atoms with Crippen molar-refractivity contribution < 1.29 is 24.5 Å². The summed E-state index contributed by atoms with van der Waals surface area (Å²) in [4.78, 5) is 24.7. The Hall–Kier alpha value is -1.66. The number of unbranched alkanes of at least 4 members (excludes halogenated alkanes) is 67. The maximum atomic E-state index is 12.5. The number of amides is 1. The summed E-state index contributed by atoms with van der Waals surface area (Å²) in [6.45, 7) is 4.96. The maximum Gasteiger partial charge on any atom is 0.305 e. The lowest BCUT2D eigenvalue weighted by Gasteiger charge is -2.20. The normalized spacial score (nSPS) is 12.5. The topological polar surface area (TPSA) is 95.9 Å². The number of allylic oxidation sites excluding steroid dienone is 3. The van der Waals surface area contributed by atoms with Crippen LogP contribution < -0.4 is 5.32 Å². The van der Waals surface area contributed by atoms with Gasteiger partial charge in [0.15, 0.2) is 0 Å². The third kappa shape index (κ3) is 77.2. The Morgan fingerprint density at radius 2 is 0.516 bits per heavy atom. The molecule has 540 valence electrons. The van der Waals surface area contributed by atoms with Gasteiger partial charge in [-0.15, -0.1) is 0 Å². The number of nitrogens with one attached hydrogen (secondary N) is 1. The van der Waals surface area contributed by atoms with Gasteiger partial charge in [0.25, 0.3) is 0 Å². The number of carbonyl (C=O) groups is 2. The van der Waals surface area contributed by atoms with Crippen LogP contribution in [0.25, 0.3) is 0 Å². The van der Waals surface area contributed by atoms with Gasteiger partial charge < -0.3 is 20.3 Å². The summed E-state index contributed by atoms with van der Waals surface area (Å²) < 4.78 is 5.52. The lowest BCUT2D eigenvalue weighted by molar-refractivity contribution is -0.143. The van der Waals surface area contributed by atoms with Crippen LogP contribution in [0.3, 0.4) is 0 Å². The molecular weight excluding hydrogens is 1110 g/mol. The maximum absolute atomic E-state index is 12.5. The number of rotatable bonds is 80. The van der Waals surface area contributed by atoms with Crippen molar-refractivity contribution in [2.75, 3.05) is 13.2 Å². The Balaban J connectivity index is 3.30. The molecule has 0 spiro atoms. The van der Waals surface area contributed by atoms with Crippen LogP contribution in [0.15, 0.2) is 24.3 Å². The second-order valence-corrected chi connectivity index (χ2v) is 29.2. The summed E-state index contributed by atoms with van der Waals surface area (Å²) in [5.41, 5.74) is 0. The van der Waals surface area contributed by atoms with Crippen molar-refractivity contribution in [3.63, 3.8) is 0 Å². The first-order valence-electron chi connectivity index (χ1n) is 42.1. The average Bonchev–Trinajstić information content (AvgIpc) is 3.65. The number of hydrogen-bond donors (Lipinski definition) is 3. The Labute approximate surface area is 571 Å². The number of carbonyl (C=O) groups excluding carboxylic acids is 2. The molecule has 0 bridgehead atoms. The summed E-state index contributed by atoms with van der Waals surface area (Å²) in [7, 11) is 0. The van der Waals surface area contributed by atoms with Gasteiger partial charge in [0, 0.05) is 12.8 Å². The van der Waals surface area contributed by atoms with Gasteiger partial charge in [-0.1, -0.05) is 436 Å². The standard InChI is InChI=1S/C85H165NO5/c1-3-5-7-9-11-13-15-17-19-21-42-47-51-55-59-63-67-71-75-79-85(90)91-80-76-72-68-64-60-56-52-48-44-41-39-37-35-33-31-29-27-25-23-24-26-28-30-32-34-36-38-40-43-46-50-54-58-62-66-70-74-78-84(89)86-82(81-87)83(88)77-73-69-65-61-57-53-49-45-22-20-18-16-14-12-10-8-6-4-2/h17,19,73,77,82-83,87-88H,3-16,18,20-72,74-76,78-81H2,1-2H3,(H,86,89)/b19-17-,77-73+. The van der Waals surface area contributed by atoms with Gasteiger partial charge in [-0.3, -0.25) is 9.59 Å². The molecule has 0 aliphatic rings. The highest BCUT2D eigenvalue weighted by molar-refractivity contribution is 5.76. The van der Waals surface area contributed by atoms with Crippen molar-refractivity contribution in [3.05, 3.63) is 24.3 Å². The van der Waals surface area contributed by atoms with Crippen LogP contribution in [0.5, 0.6) is 0 Å². The Morgan fingerprint density at radius 3 is 0.780 bits per heavy atom. The summed E-state index contributed by atoms with van der Waals surface area (Å²) in [5, 5.41) is 23.3. The summed E-state index contributed by atoms with van der Waals surface area (Å²) in [6, 6.07) is -0.624. The van der Waals surface area contributed by atoms with Crippen molar-refractivity contribution >= 4 is 11.9 Å². The molecule has 6 heteroatoms. The van der Waals surface area contributed by atoms with E-state index in [0.717, 1.165) is 38.5 Å². The molecule has 1 amide bonds. The molecule has 0 aromatic rings. The van der Waals surface area contributed by atoms with E-state index in [0.29, 0.717) is 19.4 Å². The third-order valence-electron chi connectivity index (χ3n) is 20.0. The fraction of sp³-hybridized carbons (Fsp3) is 0.929. The molecule has 0 fully saturated rings. The van der Waals surface area contributed by atoms with E-state index < -0.39 is 12.1 Å². The van der Waals surface area contributed by atoms with Gasteiger partial charge >= 0.3 is 5.97 Å². The minimum atomic E-state index is -0.841. The molecule has 0 heterocycles. The van der Waals surface area contributed by atoms with Crippen LogP contribution in [0.1, 0.15) is 483 Å². The van der Waals surface area contributed by atoms with E-state index in [-0.39, 0.29) is 18.5 Å². The van der Waals surface area contributed by atoms with E-state index in [9.17, 15) is 19.8 Å². The first-order chi connectivity index (χ1) is 45.0. The minimum absolute atomic E-state index is 0.0239. The van der Waals surface area contributed by atoms with Gasteiger partial charge in [-0.05, 0) is 57.8 Å². The molecule has 2 unspecified atom stereocenters. The second-order valence-electron chi connectivity index (χ2n) is 29.2. The number of ether oxygens (including phenoxy) is 1. The van der Waals surface area contributed by atoms with Crippen molar-refractivity contribution in [2.45, 2.75) is 495 Å². The Morgan fingerprint density at radius 1 is 0.297 bits per heavy atom. The quantitative estimate of drug-likeness (QED) is 0.0320. The summed E-state index contributed by atoms with van der Waals surface area (Å²) in [6.07, 6.45) is 105. The van der Waals surface area contributed by atoms with E-state index >= 15 is 0 Å². The predicted molar refractivity (Wildman–Crippen MR) is 403 cm³/mol. The number of esters is 1. The average molecular weight is 1280 g/mol. The monoisotopic (exact) mass is 1280 g/mol. The molecule has 0 radical (unpaired) electrons. The fourth-order valence-electron chi connectivity index (χ4n) is 13.6. The lowest BCUT2D eigenvalue weighted by Crippen LogP contribution is -2.45. The van der Waals surface area contributed by atoms with E-state index in [1.807, 2.05) is 6.08 Å². The van der Waals surface area contributed by atoms with Gasteiger partial charge in [0.2, 0.25) is 5.91 Å². The van der Waals surface area contributed by atoms with E-state index in [1.54, 1.807) is 6.08 Å². The van der Waals surface area contributed by atoms with Gasteiger partial charge in [-0.25, -0.2) is 0 Å². The molecular formula is C85H165NO5. The van der Waals surface area contributed by atoms with Crippen LogP contribution >= 0.6 is 0 Å². The number of aliphatic hydroxyl groups excluding tert-OH is 2. The molecule has 0 aromatic heterocycles. The van der Waals surface area contributed by atoms with Gasteiger partial charge in [0.1, 0.15) is 0 Å². The molecule has 0 aliphatic carbocycles. The highest BCUT2D eigenvalue weighted by Crippen LogP contribution is 2.21. The SMILES string of the molecule is CCCCCCCC/C=C\CCCCCCCCCCCC(=O)OCCCCCCCCCCCCCCCCCCCCCCCCCCCCCCCCCCCCCCCC(=O)NC(CO)C(O)/C=C/CCCCCCCCCCCCCCCCCC. The summed E-state index contributed by atoms with van der Waals surface area (Å²) in [5.74, 6) is -0.0339. The minimum Gasteiger partial charge on any atom is -0.466 e. The van der Waals surface area contributed by atoms with Crippen molar-refractivity contribution in [2.24, 2.45) is 0 Å². The first-order valence-corrected chi connectivity index (χ1v) is 42.1. The highest BCUT2D eigenvalue weighted by Gasteiger charge is 2.18. The first kappa shape index (κ1) is 89.3. The molecule has 91 heavy (non-hydrogen) atoms. The van der Waals surface area contributed by atoms with Gasteiger partial charge in [-0.2, -0.15) is 0 Å². The Kier molecular flexibility index (Phi) is 79.3. The van der Waals surface area contributed by atoms with Crippen molar-refractivity contribution in [3.8, 4) is 0 Å². The molecule has 0 rings (SSSR count). The highest BCUT2D eigenvalue weighted by atomic mass is 16.5. The Bertz CT molecular complexity index is 1430. The van der Waals surface area contributed by atoms with Gasteiger partial charge in [0.05, 0.1) is 25.4 Å². The molecule has 0 saturated carbocycles. The van der Waals surface area contributed by atoms with Crippen LogP contribution in [-0.2, 0) is 14.3 Å². The molecule has 0 saturated heterocycles. The molecule has 3 N–H and O–H groups in total. The third-order valence-corrected chi connectivity index (χ3v) is 20.0. The zero-order valence-electron chi connectivity index (χ0n) is 62.1. The zero-order chi connectivity index (χ0) is 65.6. The van der Waals surface area contributed by atoms with E-state index in [1.165, 1.54) is 417 Å². The largest absolute Gasteiger partial charge is 0.466 e. The zero-order valence-corrected chi connectivity index (χ0v) is 62.1. The van der Waals surface area contributed by atoms with Crippen molar-refractivity contribution in [1.29, 1.82) is 0 Å². The van der Waals surface area contributed by atoms with Crippen LogP contribution in [0.2, 0.25) is 0 Å². The molecule has 0 aliphatic heterocycles. The van der Waals surface area contributed by atoms with Crippen LogP contribution in [-0.4, -0.2) is 47.4 Å². The van der Waals surface area contributed by atoms with Crippen molar-refractivity contribution in [1.82, 2.24) is 5.32 Å². The second kappa shape index (κ2) is 80.8. The van der Waals surface area contributed by atoms with E-state index in [4.69, 9.17) is 4.74 Å². The number of hydrogen-bond acceptors (Lipinski definition) is 5. The van der Waals surface area contributed by atoms with Crippen LogP contribution in [0.4, 0.5) is 0 Å². The number of aliphatic hydroxyl groups is 2. The van der Waals surface area contributed by atoms with Crippen LogP contribution in [0, 0.1) is 0 Å². The lowest BCUT2D eigenvalue weighted by atomic mass is 10.0. The fourth-order valence-corrected chi connectivity index (χ4v) is 13.6.